The van der Waals surface area contributed by atoms with Crippen LogP contribution in [0.25, 0.3) is 0 Å². The standard InChI is InChI=1S/C11H17N/c1-9-5-3-4-6-11(9)10(2)7-8-12/h3-6,10H,7-8,12H2,1-2H3/t10-/m0/s1. The minimum atomic E-state index is 0.594. The summed E-state index contributed by atoms with van der Waals surface area (Å²) in [5.41, 5.74) is 8.32. The molecule has 0 aromatic heterocycles. The predicted octanol–water partition coefficient (Wildman–Crippen LogP) is 2.45. The summed E-state index contributed by atoms with van der Waals surface area (Å²) in [5, 5.41) is 0. The highest BCUT2D eigenvalue weighted by atomic mass is 14.5. The molecule has 1 nitrogen and oxygen atoms in total. The van der Waals surface area contributed by atoms with E-state index in [-0.39, 0.29) is 0 Å². The summed E-state index contributed by atoms with van der Waals surface area (Å²) in [4.78, 5) is 0. The molecule has 0 aliphatic rings. The fourth-order valence-electron chi connectivity index (χ4n) is 1.55. The second-order valence-corrected chi connectivity index (χ2v) is 3.33. The maximum Gasteiger partial charge on any atom is -0.00715 e. The predicted molar refractivity (Wildman–Crippen MR) is 53.3 cm³/mol. The lowest BCUT2D eigenvalue weighted by molar-refractivity contribution is 0.686. The van der Waals surface area contributed by atoms with Crippen LogP contribution in [0.1, 0.15) is 30.4 Å². The minimum absolute atomic E-state index is 0.594. The van der Waals surface area contributed by atoms with E-state index >= 15 is 0 Å². The molecule has 0 aliphatic carbocycles. The number of benzene rings is 1. The molecule has 0 aliphatic heterocycles. The maximum atomic E-state index is 5.52. The van der Waals surface area contributed by atoms with E-state index in [0.717, 1.165) is 13.0 Å². The van der Waals surface area contributed by atoms with Gasteiger partial charge in [0.05, 0.1) is 0 Å². The van der Waals surface area contributed by atoms with Crippen LogP contribution in [0, 0.1) is 6.92 Å². The fraction of sp³-hybridized carbons (Fsp3) is 0.455. The van der Waals surface area contributed by atoms with E-state index in [2.05, 4.69) is 38.1 Å². The summed E-state index contributed by atoms with van der Waals surface area (Å²) < 4.78 is 0. The van der Waals surface area contributed by atoms with Crippen molar-refractivity contribution in [1.82, 2.24) is 0 Å². The lowest BCUT2D eigenvalue weighted by Crippen LogP contribution is -2.05. The minimum Gasteiger partial charge on any atom is -0.330 e. The Hall–Kier alpha value is -0.820. The Morgan fingerprint density at radius 3 is 2.58 bits per heavy atom. The van der Waals surface area contributed by atoms with Crippen molar-refractivity contribution in [1.29, 1.82) is 0 Å². The Morgan fingerprint density at radius 2 is 2.00 bits per heavy atom. The van der Waals surface area contributed by atoms with Crippen molar-refractivity contribution >= 4 is 0 Å². The van der Waals surface area contributed by atoms with Crippen LogP contribution in [0.3, 0.4) is 0 Å². The lowest BCUT2D eigenvalue weighted by atomic mass is 9.94. The van der Waals surface area contributed by atoms with E-state index in [1.807, 2.05) is 0 Å². The highest BCUT2D eigenvalue weighted by Gasteiger charge is 2.05. The van der Waals surface area contributed by atoms with Crippen molar-refractivity contribution in [3.63, 3.8) is 0 Å². The average Bonchev–Trinajstić information content (AvgIpc) is 2.05. The summed E-state index contributed by atoms with van der Waals surface area (Å²) in [7, 11) is 0. The van der Waals surface area contributed by atoms with Crippen molar-refractivity contribution in [3.8, 4) is 0 Å². The molecule has 66 valence electrons. The van der Waals surface area contributed by atoms with Crippen LogP contribution in [-0.2, 0) is 0 Å². The first-order chi connectivity index (χ1) is 5.75. The molecule has 2 N–H and O–H groups in total. The van der Waals surface area contributed by atoms with Gasteiger partial charge in [-0.3, -0.25) is 0 Å². The molecule has 0 unspecified atom stereocenters. The van der Waals surface area contributed by atoms with Gasteiger partial charge in [-0.1, -0.05) is 31.2 Å². The van der Waals surface area contributed by atoms with Gasteiger partial charge in [-0.15, -0.1) is 0 Å². The third kappa shape index (κ3) is 2.08. The van der Waals surface area contributed by atoms with Gasteiger partial charge in [-0.2, -0.15) is 0 Å². The molecule has 1 heteroatoms. The molecular weight excluding hydrogens is 146 g/mol. The van der Waals surface area contributed by atoms with Gasteiger partial charge in [0.1, 0.15) is 0 Å². The second kappa shape index (κ2) is 4.27. The van der Waals surface area contributed by atoms with Crippen molar-refractivity contribution in [2.24, 2.45) is 5.73 Å². The molecule has 12 heavy (non-hydrogen) atoms. The number of hydrogen-bond donors (Lipinski definition) is 1. The Balaban J connectivity index is 2.79. The third-order valence-electron chi connectivity index (χ3n) is 2.32. The van der Waals surface area contributed by atoms with Gasteiger partial charge in [0, 0.05) is 0 Å². The Bertz CT molecular complexity index is 243. The smallest absolute Gasteiger partial charge is 0.00715 e. The largest absolute Gasteiger partial charge is 0.330 e. The molecule has 0 saturated heterocycles. The van der Waals surface area contributed by atoms with E-state index < -0.39 is 0 Å². The molecule has 0 radical (unpaired) electrons. The maximum absolute atomic E-state index is 5.52. The average molecular weight is 163 g/mol. The number of rotatable bonds is 3. The van der Waals surface area contributed by atoms with Crippen LogP contribution in [0.5, 0.6) is 0 Å². The zero-order chi connectivity index (χ0) is 8.97. The van der Waals surface area contributed by atoms with Gasteiger partial charge < -0.3 is 5.73 Å². The molecule has 1 rings (SSSR count). The zero-order valence-electron chi connectivity index (χ0n) is 7.88. The van der Waals surface area contributed by atoms with Crippen LogP contribution in [0.2, 0.25) is 0 Å². The first-order valence-corrected chi connectivity index (χ1v) is 4.51. The van der Waals surface area contributed by atoms with Gasteiger partial charge in [0.2, 0.25) is 0 Å². The Kier molecular flexibility index (Phi) is 3.30. The van der Waals surface area contributed by atoms with Gasteiger partial charge in [-0.25, -0.2) is 0 Å². The second-order valence-electron chi connectivity index (χ2n) is 3.33. The van der Waals surface area contributed by atoms with Crippen molar-refractivity contribution in [2.45, 2.75) is 26.2 Å². The number of hydrogen-bond acceptors (Lipinski definition) is 1. The van der Waals surface area contributed by atoms with Crippen molar-refractivity contribution in [3.05, 3.63) is 35.4 Å². The summed E-state index contributed by atoms with van der Waals surface area (Å²) >= 11 is 0. The molecule has 0 saturated carbocycles. The molecule has 1 atom stereocenters. The first kappa shape index (κ1) is 9.27. The molecule has 1 aromatic carbocycles. The van der Waals surface area contributed by atoms with Gasteiger partial charge in [-0.05, 0) is 36.9 Å². The Labute approximate surface area is 74.6 Å². The quantitative estimate of drug-likeness (QED) is 0.727. The summed E-state index contributed by atoms with van der Waals surface area (Å²) in [6, 6.07) is 8.52. The van der Waals surface area contributed by atoms with E-state index in [1.165, 1.54) is 11.1 Å². The van der Waals surface area contributed by atoms with Gasteiger partial charge in [0.25, 0.3) is 0 Å². The summed E-state index contributed by atoms with van der Waals surface area (Å²) in [5.74, 6) is 0.594. The summed E-state index contributed by atoms with van der Waals surface area (Å²) in [6.45, 7) is 5.16. The monoisotopic (exact) mass is 163 g/mol. The first-order valence-electron chi connectivity index (χ1n) is 4.51. The van der Waals surface area contributed by atoms with Gasteiger partial charge in [0.15, 0.2) is 0 Å². The van der Waals surface area contributed by atoms with E-state index in [9.17, 15) is 0 Å². The number of aryl methyl sites for hydroxylation is 1. The lowest BCUT2D eigenvalue weighted by Gasteiger charge is -2.12. The fourth-order valence-corrected chi connectivity index (χ4v) is 1.55. The molecule has 0 amide bonds. The van der Waals surface area contributed by atoms with Crippen LogP contribution >= 0.6 is 0 Å². The van der Waals surface area contributed by atoms with Crippen LogP contribution in [0.15, 0.2) is 24.3 Å². The molecule has 1 aromatic rings. The van der Waals surface area contributed by atoms with E-state index in [0.29, 0.717) is 5.92 Å². The van der Waals surface area contributed by atoms with E-state index in [4.69, 9.17) is 5.73 Å². The third-order valence-corrected chi connectivity index (χ3v) is 2.32. The van der Waals surface area contributed by atoms with Crippen LogP contribution < -0.4 is 5.73 Å². The van der Waals surface area contributed by atoms with Crippen LogP contribution in [0.4, 0.5) is 0 Å². The number of nitrogens with two attached hydrogens (primary N) is 1. The van der Waals surface area contributed by atoms with Crippen molar-refractivity contribution < 1.29 is 0 Å². The zero-order valence-corrected chi connectivity index (χ0v) is 7.88. The van der Waals surface area contributed by atoms with Crippen LogP contribution in [-0.4, -0.2) is 6.54 Å². The SMILES string of the molecule is Cc1ccccc1[C@@H](C)CCN. The highest BCUT2D eigenvalue weighted by molar-refractivity contribution is 5.28. The molecule has 0 fully saturated rings. The normalized spacial score (nSPS) is 12.9. The molecule has 0 heterocycles. The summed E-state index contributed by atoms with van der Waals surface area (Å²) in [6.07, 6.45) is 1.07. The Morgan fingerprint density at radius 1 is 1.33 bits per heavy atom. The molecule has 0 bridgehead atoms. The topological polar surface area (TPSA) is 26.0 Å². The highest BCUT2D eigenvalue weighted by Crippen LogP contribution is 2.21. The molecular formula is C11H17N. The van der Waals surface area contributed by atoms with Crippen molar-refractivity contribution in [2.75, 3.05) is 6.54 Å². The van der Waals surface area contributed by atoms with E-state index in [1.54, 1.807) is 0 Å². The van der Waals surface area contributed by atoms with Gasteiger partial charge >= 0.3 is 0 Å². The molecule has 0 spiro atoms.